The molecule has 1 aromatic rings. The number of nitrogens with zero attached hydrogens (tertiary/aromatic N) is 1. The molecule has 78 valence electrons. The smallest absolute Gasteiger partial charge is 0.240 e. The van der Waals surface area contributed by atoms with Crippen LogP contribution < -0.4 is 5.43 Å². The summed E-state index contributed by atoms with van der Waals surface area (Å²) in [7, 11) is 0. The van der Waals surface area contributed by atoms with Crippen molar-refractivity contribution in [3.05, 3.63) is 35.9 Å². The third kappa shape index (κ3) is 2.05. The minimum atomic E-state index is -0.193. The van der Waals surface area contributed by atoms with Gasteiger partial charge < -0.3 is 5.11 Å². The number of benzene rings is 1. The zero-order valence-electron chi connectivity index (χ0n) is 8.18. The Morgan fingerprint density at radius 3 is 2.80 bits per heavy atom. The van der Waals surface area contributed by atoms with Crippen LogP contribution in [0, 0.1) is 5.92 Å². The van der Waals surface area contributed by atoms with Gasteiger partial charge in [-0.3, -0.25) is 4.79 Å². The fourth-order valence-corrected chi connectivity index (χ4v) is 1.64. The highest BCUT2D eigenvalue weighted by atomic mass is 16.3. The van der Waals surface area contributed by atoms with Gasteiger partial charge in [-0.15, -0.1) is 0 Å². The highest BCUT2D eigenvalue weighted by Crippen LogP contribution is 2.16. The Morgan fingerprint density at radius 1 is 1.40 bits per heavy atom. The van der Waals surface area contributed by atoms with E-state index in [9.17, 15) is 9.90 Å². The van der Waals surface area contributed by atoms with Crippen LogP contribution in [0.4, 0.5) is 0 Å². The molecule has 0 aliphatic carbocycles. The molecule has 0 bridgehead atoms. The van der Waals surface area contributed by atoms with Gasteiger partial charge in [-0.1, -0.05) is 30.3 Å². The van der Waals surface area contributed by atoms with Gasteiger partial charge in [0.25, 0.3) is 0 Å². The molecule has 0 aromatic heterocycles. The van der Waals surface area contributed by atoms with Gasteiger partial charge in [0.2, 0.25) is 5.91 Å². The van der Waals surface area contributed by atoms with E-state index in [0.717, 1.165) is 11.3 Å². The summed E-state index contributed by atoms with van der Waals surface area (Å²) >= 11 is 0. The van der Waals surface area contributed by atoms with Crippen molar-refractivity contribution in [3.63, 3.8) is 0 Å². The lowest BCUT2D eigenvalue weighted by atomic mass is 9.93. The number of hydrogen-bond acceptors (Lipinski definition) is 3. The number of hydrogen-bond donors (Lipinski definition) is 2. The molecule has 2 rings (SSSR count). The lowest BCUT2D eigenvalue weighted by Gasteiger charge is -2.20. The molecule has 0 saturated carbocycles. The Balaban J connectivity index is 2.31. The molecule has 0 unspecified atom stereocenters. The summed E-state index contributed by atoms with van der Waals surface area (Å²) in [5.41, 5.74) is 4.12. The molecule has 2 N–H and O–H groups in total. The van der Waals surface area contributed by atoms with E-state index in [2.05, 4.69) is 10.5 Å². The highest BCUT2D eigenvalue weighted by Gasteiger charge is 2.24. The maximum Gasteiger partial charge on any atom is 0.240 e. The summed E-state index contributed by atoms with van der Waals surface area (Å²) in [6.07, 6.45) is 0.296. The van der Waals surface area contributed by atoms with E-state index in [-0.39, 0.29) is 18.4 Å². The minimum Gasteiger partial charge on any atom is -0.396 e. The van der Waals surface area contributed by atoms with E-state index < -0.39 is 0 Å². The molecular weight excluding hydrogens is 192 g/mol. The van der Waals surface area contributed by atoms with Gasteiger partial charge in [-0.25, -0.2) is 5.43 Å². The van der Waals surface area contributed by atoms with Crippen molar-refractivity contribution in [2.45, 2.75) is 6.42 Å². The molecule has 1 amide bonds. The minimum absolute atomic E-state index is 0.0544. The highest BCUT2D eigenvalue weighted by molar-refractivity contribution is 6.05. The van der Waals surface area contributed by atoms with Gasteiger partial charge in [0, 0.05) is 12.3 Å². The topological polar surface area (TPSA) is 61.7 Å². The largest absolute Gasteiger partial charge is 0.396 e. The third-order valence-electron chi connectivity index (χ3n) is 2.41. The number of amides is 1. The first kappa shape index (κ1) is 9.86. The molecule has 1 aliphatic rings. The van der Waals surface area contributed by atoms with Crippen LogP contribution >= 0.6 is 0 Å². The number of aliphatic hydroxyl groups is 1. The molecule has 4 heteroatoms. The average molecular weight is 204 g/mol. The second-order valence-corrected chi connectivity index (χ2v) is 3.48. The van der Waals surface area contributed by atoms with E-state index in [1.54, 1.807) is 0 Å². The van der Waals surface area contributed by atoms with Crippen molar-refractivity contribution in [1.82, 2.24) is 5.43 Å². The summed E-state index contributed by atoms with van der Waals surface area (Å²) < 4.78 is 0. The maximum absolute atomic E-state index is 11.1. The first-order valence-corrected chi connectivity index (χ1v) is 4.84. The molecular formula is C11H12N2O2. The van der Waals surface area contributed by atoms with Crippen LogP contribution in [0.1, 0.15) is 12.0 Å². The van der Waals surface area contributed by atoms with Crippen molar-refractivity contribution in [3.8, 4) is 0 Å². The number of carbonyl (C=O) groups excluding carboxylic acids is 1. The molecule has 1 atom stereocenters. The quantitative estimate of drug-likeness (QED) is 0.737. The standard InChI is InChI=1S/C11H12N2O2/c14-7-9-6-10(15)12-13-11(9)8-4-2-1-3-5-8/h1-5,9,14H,6-7H2,(H,12,15)/t9-/m0/s1. The van der Waals surface area contributed by atoms with Crippen molar-refractivity contribution in [1.29, 1.82) is 0 Å². The number of aliphatic hydroxyl groups excluding tert-OH is 1. The summed E-state index contributed by atoms with van der Waals surface area (Å²) in [5.74, 6) is -0.338. The molecule has 0 spiro atoms. The monoisotopic (exact) mass is 204 g/mol. The van der Waals surface area contributed by atoms with Crippen LogP contribution in [0.2, 0.25) is 0 Å². The lowest BCUT2D eigenvalue weighted by Crippen LogP contribution is -2.35. The van der Waals surface area contributed by atoms with Crippen LogP contribution in [0.15, 0.2) is 35.4 Å². The summed E-state index contributed by atoms with van der Waals surface area (Å²) in [6, 6.07) is 9.56. The average Bonchev–Trinajstić information content (AvgIpc) is 2.30. The zero-order valence-corrected chi connectivity index (χ0v) is 8.18. The van der Waals surface area contributed by atoms with Crippen LogP contribution in [0.5, 0.6) is 0 Å². The summed E-state index contributed by atoms with van der Waals surface area (Å²) in [5, 5.41) is 13.2. The molecule has 0 fully saturated rings. The first-order valence-electron chi connectivity index (χ1n) is 4.84. The fraction of sp³-hybridized carbons (Fsp3) is 0.273. The zero-order chi connectivity index (χ0) is 10.7. The van der Waals surface area contributed by atoms with E-state index in [0.29, 0.717) is 6.42 Å². The second-order valence-electron chi connectivity index (χ2n) is 3.48. The second kappa shape index (κ2) is 4.23. The summed E-state index contributed by atoms with van der Waals surface area (Å²) in [6.45, 7) is -0.0544. The van der Waals surface area contributed by atoms with Gasteiger partial charge in [0.15, 0.2) is 0 Å². The molecule has 1 heterocycles. The van der Waals surface area contributed by atoms with Crippen molar-refractivity contribution in [2.24, 2.45) is 11.0 Å². The van der Waals surface area contributed by atoms with Gasteiger partial charge >= 0.3 is 0 Å². The Hall–Kier alpha value is -1.68. The first-order chi connectivity index (χ1) is 7.31. The molecule has 0 saturated heterocycles. The number of nitrogens with one attached hydrogen (secondary N) is 1. The Morgan fingerprint density at radius 2 is 2.13 bits per heavy atom. The van der Waals surface area contributed by atoms with Gasteiger partial charge in [0.05, 0.1) is 12.3 Å². The SMILES string of the molecule is O=C1C[C@@H](CO)C(c2ccccc2)=NN1. The number of carbonyl (C=O) groups is 1. The Labute approximate surface area is 87.6 Å². The van der Waals surface area contributed by atoms with Gasteiger partial charge in [0.1, 0.15) is 0 Å². The Bertz CT molecular complexity index is 387. The predicted octanol–water partition coefficient (Wildman–Crippen LogP) is 0.519. The third-order valence-corrected chi connectivity index (χ3v) is 2.41. The molecule has 1 aliphatic heterocycles. The molecule has 15 heavy (non-hydrogen) atoms. The van der Waals surface area contributed by atoms with Crippen LogP contribution in [-0.2, 0) is 4.79 Å². The summed E-state index contributed by atoms with van der Waals surface area (Å²) in [4.78, 5) is 11.1. The maximum atomic E-state index is 11.1. The predicted molar refractivity (Wildman–Crippen MR) is 56.3 cm³/mol. The van der Waals surface area contributed by atoms with Gasteiger partial charge in [-0.2, -0.15) is 5.10 Å². The van der Waals surface area contributed by atoms with E-state index in [1.165, 1.54) is 0 Å². The van der Waals surface area contributed by atoms with Crippen LogP contribution in [-0.4, -0.2) is 23.3 Å². The number of hydrazone groups is 1. The number of rotatable bonds is 2. The molecule has 0 radical (unpaired) electrons. The Kier molecular flexibility index (Phi) is 2.78. The van der Waals surface area contributed by atoms with Crippen LogP contribution in [0.25, 0.3) is 0 Å². The fourth-order valence-electron chi connectivity index (χ4n) is 1.64. The van der Waals surface area contributed by atoms with Gasteiger partial charge in [-0.05, 0) is 5.56 Å². The van der Waals surface area contributed by atoms with E-state index in [4.69, 9.17) is 0 Å². The van der Waals surface area contributed by atoms with Crippen LogP contribution in [0.3, 0.4) is 0 Å². The van der Waals surface area contributed by atoms with E-state index >= 15 is 0 Å². The van der Waals surface area contributed by atoms with Crippen molar-refractivity contribution >= 4 is 11.6 Å². The lowest BCUT2D eigenvalue weighted by molar-refractivity contribution is -0.122. The van der Waals surface area contributed by atoms with Crippen molar-refractivity contribution < 1.29 is 9.90 Å². The van der Waals surface area contributed by atoms with E-state index in [1.807, 2.05) is 30.3 Å². The normalized spacial score (nSPS) is 20.7. The molecule has 4 nitrogen and oxygen atoms in total. The van der Waals surface area contributed by atoms with Crippen molar-refractivity contribution in [2.75, 3.05) is 6.61 Å². The molecule has 1 aromatic carbocycles.